The molecule has 0 radical (unpaired) electrons. The number of rotatable bonds is 9. The van der Waals surface area contributed by atoms with Crippen LogP contribution >= 0.6 is 0 Å². The second-order valence-corrected chi connectivity index (χ2v) is 11.9. The summed E-state index contributed by atoms with van der Waals surface area (Å²) >= 11 is 0. The molecule has 2 atom stereocenters. The lowest BCUT2D eigenvalue weighted by molar-refractivity contribution is -0.664. The second kappa shape index (κ2) is 13.2. The molecular weight excluding hydrogens is 536 g/mol. The Kier molecular flexibility index (Phi) is 9.77. The third-order valence-corrected chi connectivity index (χ3v) is 9.38. The molecule has 2 fully saturated rings. The normalized spacial score (nSPS) is 19.4. The number of piperazine rings is 1. The van der Waals surface area contributed by atoms with Gasteiger partial charge in [0.2, 0.25) is 21.8 Å². The maximum atomic E-state index is 13.8. The molecule has 2 saturated heterocycles. The largest absolute Gasteiger partial charge is 0.497 e. The molecule has 0 aliphatic carbocycles. The highest BCUT2D eigenvalue weighted by molar-refractivity contribution is 7.89. The number of esters is 1. The van der Waals surface area contributed by atoms with E-state index in [1.807, 2.05) is 0 Å². The first kappa shape index (κ1) is 29.5. The molecular formula is C28H37N4O7S+. The molecule has 0 spiro atoms. The van der Waals surface area contributed by atoms with Gasteiger partial charge in [0.25, 0.3) is 0 Å². The Morgan fingerprint density at radius 3 is 2.30 bits per heavy atom. The molecule has 2 aromatic rings. The number of amides is 2. The zero-order valence-corrected chi connectivity index (χ0v) is 23.6. The first-order valence-electron chi connectivity index (χ1n) is 13.4. The number of carbonyl (C=O) groups excluding carboxylic acids is 3. The molecule has 2 aliphatic rings. The summed E-state index contributed by atoms with van der Waals surface area (Å²) in [6.07, 6.45) is 1.53. The molecule has 3 N–H and O–H groups in total. The summed E-state index contributed by atoms with van der Waals surface area (Å²) in [5.74, 6) is -0.983. The molecule has 11 nitrogen and oxygen atoms in total. The molecule has 0 saturated carbocycles. The number of ether oxygens (including phenoxy) is 2. The molecule has 4 rings (SSSR count). The maximum absolute atomic E-state index is 13.8. The van der Waals surface area contributed by atoms with Gasteiger partial charge in [-0.1, -0.05) is 30.3 Å². The van der Waals surface area contributed by atoms with Crippen molar-refractivity contribution < 1.29 is 37.6 Å². The van der Waals surface area contributed by atoms with Crippen LogP contribution in [0.2, 0.25) is 0 Å². The standard InChI is InChI=1S/C28H36N4O7S/c1-38-22-10-8-20(9-11-22)18-24(28(35)39-2)30-26(33)25-19-31(40(36,37)23-6-4-3-5-7-23)16-17-32(25)27(34)21-12-14-29-15-13-21/h3-11,21,24-25,29H,12-19H2,1-2H3,(H,30,33)/p+1/t24-,25+/m0/s1. The molecule has 2 aromatic carbocycles. The van der Waals surface area contributed by atoms with Gasteiger partial charge >= 0.3 is 5.97 Å². The summed E-state index contributed by atoms with van der Waals surface area (Å²) in [5, 5.41) is 4.90. The summed E-state index contributed by atoms with van der Waals surface area (Å²) in [4.78, 5) is 41.6. The van der Waals surface area contributed by atoms with Gasteiger partial charge in [-0.2, -0.15) is 4.31 Å². The fourth-order valence-electron chi connectivity index (χ4n) is 5.21. The Balaban J connectivity index is 1.58. The van der Waals surface area contributed by atoms with Crippen LogP contribution in [0.15, 0.2) is 59.5 Å². The zero-order chi connectivity index (χ0) is 28.7. The van der Waals surface area contributed by atoms with Gasteiger partial charge in [-0.15, -0.1) is 0 Å². The molecule has 0 bridgehead atoms. The molecule has 2 aliphatic heterocycles. The van der Waals surface area contributed by atoms with Gasteiger partial charge in [0.05, 0.1) is 32.2 Å². The number of sulfonamides is 1. The van der Waals surface area contributed by atoms with Crippen molar-refractivity contribution in [1.29, 1.82) is 0 Å². The zero-order valence-electron chi connectivity index (χ0n) is 22.8. The monoisotopic (exact) mass is 573 g/mol. The van der Waals surface area contributed by atoms with E-state index in [-0.39, 0.29) is 42.8 Å². The van der Waals surface area contributed by atoms with Crippen LogP contribution in [0.3, 0.4) is 0 Å². The summed E-state index contributed by atoms with van der Waals surface area (Å²) in [5.41, 5.74) is 0.764. The molecule has 0 aromatic heterocycles. The minimum absolute atomic E-state index is 0.0673. The number of carbonyl (C=O) groups is 3. The Morgan fingerprint density at radius 2 is 1.68 bits per heavy atom. The maximum Gasteiger partial charge on any atom is 0.328 e. The summed E-state index contributed by atoms with van der Waals surface area (Å²) in [6, 6.07) is 12.9. The van der Waals surface area contributed by atoms with Crippen molar-refractivity contribution >= 4 is 27.8 Å². The Hall–Kier alpha value is -3.48. The average Bonchev–Trinajstić information content (AvgIpc) is 3.00. The van der Waals surface area contributed by atoms with E-state index in [1.54, 1.807) is 49.6 Å². The van der Waals surface area contributed by atoms with Crippen molar-refractivity contribution in [2.75, 3.05) is 46.9 Å². The number of nitrogens with zero attached hydrogens (tertiary/aromatic N) is 2. The minimum atomic E-state index is -3.90. The molecule has 0 unspecified atom stereocenters. The van der Waals surface area contributed by atoms with Crippen LogP contribution in [0, 0.1) is 5.92 Å². The van der Waals surface area contributed by atoms with Crippen molar-refractivity contribution in [1.82, 2.24) is 14.5 Å². The van der Waals surface area contributed by atoms with Gasteiger partial charge in [0.15, 0.2) is 0 Å². The van der Waals surface area contributed by atoms with Gasteiger partial charge in [-0.25, -0.2) is 13.2 Å². The van der Waals surface area contributed by atoms with E-state index in [2.05, 4.69) is 10.6 Å². The van der Waals surface area contributed by atoms with Gasteiger partial charge in [-0.05, 0) is 29.8 Å². The van der Waals surface area contributed by atoms with Crippen LogP contribution in [-0.4, -0.2) is 94.4 Å². The Labute approximate surface area is 234 Å². The van der Waals surface area contributed by atoms with Crippen molar-refractivity contribution in [2.45, 2.75) is 36.2 Å². The highest BCUT2D eigenvalue weighted by atomic mass is 32.2. The van der Waals surface area contributed by atoms with Crippen LogP contribution in [0.4, 0.5) is 0 Å². The van der Waals surface area contributed by atoms with Crippen LogP contribution in [0.1, 0.15) is 18.4 Å². The number of quaternary nitrogens is 1. The molecule has 216 valence electrons. The first-order valence-corrected chi connectivity index (χ1v) is 14.9. The van der Waals surface area contributed by atoms with Crippen molar-refractivity contribution in [2.24, 2.45) is 5.92 Å². The highest BCUT2D eigenvalue weighted by Gasteiger charge is 2.42. The second-order valence-electron chi connectivity index (χ2n) is 10.0. The summed E-state index contributed by atoms with van der Waals surface area (Å²) in [6.45, 7) is 1.57. The van der Waals surface area contributed by atoms with Crippen molar-refractivity contribution in [3.05, 3.63) is 60.2 Å². The van der Waals surface area contributed by atoms with E-state index < -0.39 is 34.0 Å². The number of benzene rings is 2. The molecule has 40 heavy (non-hydrogen) atoms. The van der Waals surface area contributed by atoms with E-state index in [0.717, 1.165) is 18.7 Å². The number of hydrogen-bond donors (Lipinski definition) is 2. The smallest absolute Gasteiger partial charge is 0.328 e. The van der Waals surface area contributed by atoms with E-state index in [0.29, 0.717) is 18.6 Å². The minimum Gasteiger partial charge on any atom is -0.497 e. The number of piperidine rings is 1. The lowest BCUT2D eigenvalue weighted by Gasteiger charge is -2.41. The van der Waals surface area contributed by atoms with Gasteiger partial charge in [0.1, 0.15) is 17.8 Å². The topological polar surface area (TPSA) is 139 Å². The van der Waals surface area contributed by atoms with Crippen LogP contribution in [0.5, 0.6) is 5.75 Å². The summed E-state index contributed by atoms with van der Waals surface area (Å²) in [7, 11) is -1.11. The van der Waals surface area contributed by atoms with Crippen LogP contribution in [-0.2, 0) is 35.6 Å². The number of nitrogens with one attached hydrogen (secondary N) is 1. The number of nitrogens with two attached hydrogens (primary N) is 1. The lowest BCUT2D eigenvalue weighted by Crippen LogP contribution is -2.86. The Bertz CT molecular complexity index is 1280. The molecule has 2 amide bonds. The predicted molar refractivity (Wildman–Crippen MR) is 146 cm³/mol. The van der Waals surface area contributed by atoms with Gasteiger partial charge < -0.3 is 25.0 Å². The van der Waals surface area contributed by atoms with E-state index in [9.17, 15) is 22.8 Å². The average molecular weight is 574 g/mol. The quantitative estimate of drug-likeness (QED) is 0.395. The van der Waals surface area contributed by atoms with E-state index >= 15 is 0 Å². The lowest BCUT2D eigenvalue weighted by atomic mass is 9.95. The van der Waals surface area contributed by atoms with Crippen molar-refractivity contribution in [3.8, 4) is 5.75 Å². The Morgan fingerprint density at radius 1 is 1.00 bits per heavy atom. The third kappa shape index (κ3) is 6.80. The third-order valence-electron chi connectivity index (χ3n) is 7.50. The van der Waals surface area contributed by atoms with Crippen molar-refractivity contribution in [3.63, 3.8) is 0 Å². The van der Waals surface area contributed by atoms with Gasteiger partial charge in [-0.3, -0.25) is 9.59 Å². The fourth-order valence-corrected chi connectivity index (χ4v) is 6.67. The van der Waals surface area contributed by atoms with Gasteiger partial charge in [0, 0.05) is 44.8 Å². The molecule has 2 heterocycles. The fraction of sp³-hybridized carbons (Fsp3) is 0.464. The first-order chi connectivity index (χ1) is 19.2. The summed E-state index contributed by atoms with van der Waals surface area (Å²) < 4.78 is 38.2. The van der Waals surface area contributed by atoms with E-state index in [4.69, 9.17) is 9.47 Å². The van der Waals surface area contributed by atoms with E-state index in [1.165, 1.54) is 28.4 Å². The SMILES string of the molecule is COC(=O)[C@H](Cc1ccc(OC)cc1)NC(=O)[C@H]1CN(S(=O)(=O)c2ccccc2)CCN1C(=O)C1CC[NH2+]CC1. The predicted octanol–water partition coefficient (Wildman–Crippen LogP) is -0.229. The number of methoxy groups -OCH3 is 2. The number of hydrogen-bond acceptors (Lipinski definition) is 7. The highest BCUT2D eigenvalue weighted by Crippen LogP contribution is 2.24. The van der Waals surface area contributed by atoms with Crippen LogP contribution < -0.4 is 15.4 Å². The van der Waals surface area contributed by atoms with Crippen LogP contribution in [0.25, 0.3) is 0 Å². The molecule has 12 heteroatoms.